The second-order valence-electron chi connectivity index (χ2n) is 1.99. The third-order valence-electron chi connectivity index (χ3n) is 1.34. The van der Waals surface area contributed by atoms with E-state index in [1.165, 1.54) is 0 Å². The van der Waals surface area contributed by atoms with Crippen molar-refractivity contribution < 1.29 is 9.53 Å². The largest absolute Gasteiger partial charge is 0.463 e. The minimum absolute atomic E-state index is 0.135. The molecule has 1 rings (SSSR count). The van der Waals surface area contributed by atoms with Crippen molar-refractivity contribution in [2.24, 2.45) is 0 Å². The van der Waals surface area contributed by atoms with Crippen LogP contribution in [0, 0.1) is 0 Å². The summed E-state index contributed by atoms with van der Waals surface area (Å²) in [5.74, 6) is -0.135. The second-order valence-corrected chi connectivity index (χ2v) is 1.99. The Morgan fingerprint density at radius 2 is 2.56 bits per heavy atom. The van der Waals surface area contributed by atoms with E-state index >= 15 is 0 Å². The van der Waals surface area contributed by atoms with Gasteiger partial charge in [0.1, 0.15) is 0 Å². The molecule has 0 aromatic carbocycles. The second kappa shape index (κ2) is 2.67. The molecule has 0 amide bonds. The highest BCUT2D eigenvalue weighted by molar-refractivity contribution is 5.89. The van der Waals surface area contributed by atoms with Crippen molar-refractivity contribution in [1.29, 1.82) is 0 Å². The molecular weight excluding hydrogens is 116 g/mol. The van der Waals surface area contributed by atoms with Crippen LogP contribution >= 0.6 is 0 Å². The summed E-state index contributed by atoms with van der Waals surface area (Å²) < 4.78 is 4.74. The monoisotopic (exact) mass is 126 g/mol. The molecule has 0 aliphatic heterocycles. The molecular formula is C7H10O2. The fourth-order valence-corrected chi connectivity index (χ4v) is 0.698. The summed E-state index contributed by atoms with van der Waals surface area (Å²) in [7, 11) is 0. The summed E-state index contributed by atoms with van der Waals surface area (Å²) in [6.45, 7) is 2.30. The van der Waals surface area contributed by atoms with Gasteiger partial charge in [-0.25, -0.2) is 4.79 Å². The van der Waals surface area contributed by atoms with Crippen molar-refractivity contribution in [3.63, 3.8) is 0 Å². The standard InChI is InChI=1S/C7H10O2/c1-2-9-7(8)6-4-3-5-6/h4H,2-3,5H2,1H3. The molecule has 1 aliphatic carbocycles. The van der Waals surface area contributed by atoms with Crippen LogP contribution in [0.4, 0.5) is 0 Å². The van der Waals surface area contributed by atoms with Gasteiger partial charge in [-0.1, -0.05) is 6.08 Å². The fourth-order valence-electron chi connectivity index (χ4n) is 0.698. The molecule has 0 fully saturated rings. The normalized spacial score (nSPS) is 15.9. The third kappa shape index (κ3) is 1.31. The average molecular weight is 126 g/mol. The maximum absolute atomic E-state index is 10.7. The number of hydrogen-bond donors (Lipinski definition) is 0. The summed E-state index contributed by atoms with van der Waals surface area (Å²) >= 11 is 0. The topological polar surface area (TPSA) is 26.3 Å². The van der Waals surface area contributed by atoms with E-state index in [1.807, 2.05) is 13.0 Å². The van der Waals surface area contributed by atoms with Crippen LogP contribution in [0.5, 0.6) is 0 Å². The quantitative estimate of drug-likeness (QED) is 0.521. The molecule has 0 unspecified atom stereocenters. The first-order chi connectivity index (χ1) is 4.34. The maximum Gasteiger partial charge on any atom is 0.333 e. The van der Waals surface area contributed by atoms with Crippen LogP contribution in [0.15, 0.2) is 11.6 Å². The Morgan fingerprint density at radius 1 is 1.89 bits per heavy atom. The van der Waals surface area contributed by atoms with Gasteiger partial charge in [0.25, 0.3) is 0 Å². The lowest BCUT2D eigenvalue weighted by atomic mass is 10.00. The number of allylic oxidation sites excluding steroid dienone is 1. The maximum atomic E-state index is 10.7. The number of esters is 1. The molecule has 2 heteroatoms. The first-order valence-corrected chi connectivity index (χ1v) is 3.20. The lowest BCUT2D eigenvalue weighted by molar-refractivity contribution is -0.138. The molecule has 0 radical (unpaired) electrons. The molecule has 0 saturated heterocycles. The van der Waals surface area contributed by atoms with Crippen molar-refractivity contribution in [1.82, 2.24) is 0 Å². The van der Waals surface area contributed by atoms with Crippen LogP contribution in [-0.2, 0) is 9.53 Å². The molecule has 1 aliphatic rings. The number of hydrogen-bond acceptors (Lipinski definition) is 2. The van der Waals surface area contributed by atoms with Gasteiger partial charge in [0.15, 0.2) is 0 Å². The van der Waals surface area contributed by atoms with E-state index in [0.717, 1.165) is 18.4 Å². The van der Waals surface area contributed by atoms with Crippen LogP contribution in [0.2, 0.25) is 0 Å². The minimum Gasteiger partial charge on any atom is -0.463 e. The molecule has 0 heterocycles. The number of carbonyl (C=O) groups excluding carboxylic acids is 1. The third-order valence-corrected chi connectivity index (χ3v) is 1.34. The molecule has 2 nitrogen and oxygen atoms in total. The van der Waals surface area contributed by atoms with Crippen molar-refractivity contribution in [2.45, 2.75) is 19.8 Å². The summed E-state index contributed by atoms with van der Waals surface area (Å²) in [6, 6.07) is 0. The van der Waals surface area contributed by atoms with E-state index in [9.17, 15) is 4.79 Å². The number of carbonyl (C=O) groups is 1. The van der Waals surface area contributed by atoms with Gasteiger partial charge in [-0.2, -0.15) is 0 Å². The minimum atomic E-state index is -0.135. The van der Waals surface area contributed by atoms with Gasteiger partial charge >= 0.3 is 5.97 Å². The first kappa shape index (κ1) is 6.33. The number of rotatable bonds is 2. The Hall–Kier alpha value is -0.790. The Bertz CT molecular complexity index is 147. The predicted octanol–water partition coefficient (Wildman–Crippen LogP) is 1.27. The van der Waals surface area contributed by atoms with Gasteiger partial charge in [-0.3, -0.25) is 0 Å². The summed E-state index contributed by atoms with van der Waals surface area (Å²) in [6.07, 6.45) is 3.85. The lowest BCUT2D eigenvalue weighted by Crippen LogP contribution is -2.11. The number of ether oxygens (including phenoxy) is 1. The molecule has 0 aromatic rings. The molecule has 0 bridgehead atoms. The molecule has 9 heavy (non-hydrogen) atoms. The Morgan fingerprint density at radius 3 is 2.89 bits per heavy atom. The van der Waals surface area contributed by atoms with E-state index in [0.29, 0.717) is 6.61 Å². The Labute approximate surface area is 54.5 Å². The lowest BCUT2D eigenvalue weighted by Gasteiger charge is -2.11. The van der Waals surface area contributed by atoms with Gasteiger partial charge in [-0.05, 0) is 19.8 Å². The van der Waals surface area contributed by atoms with E-state index in [-0.39, 0.29) is 5.97 Å². The highest BCUT2D eigenvalue weighted by Gasteiger charge is 2.14. The van der Waals surface area contributed by atoms with Crippen LogP contribution in [0.1, 0.15) is 19.8 Å². The molecule has 0 N–H and O–H groups in total. The van der Waals surface area contributed by atoms with Crippen molar-refractivity contribution in [3.05, 3.63) is 11.6 Å². The molecule has 0 spiro atoms. The van der Waals surface area contributed by atoms with Crippen molar-refractivity contribution >= 4 is 5.97 Å². The van der Waals surface area contributed by atoms with Gasteiger partial charge in [0, 0.05) is 5.57 Å². The SMILES string of the molecule is CCOC(=O)C1=CCC1. The molecule has 0 aromatic heterocycles. The molecule has 0 atom stereocenters. The summed E-state index contributed by atoms with van der Waals surface area (Å²) in [5.41, 5.74) is 0.844. The van der Waals surface area contributed by atoms with Gasteiger partial charge < -0.3 is 4.74 Å². The Balaban J connectivity index is 2.33. The predicted molar refractivity (Wildman–Crippen MR) is 33.9 cm³/mol. The zero-order chi connectivity index (χ0) is 6.69. The van der Waals surface area contributed by atoms with Crippen molar-refractivity contribution in [3.8, 4) is 0 Å². The van der Waals surface area contributed by atoms with E-state index in [2.05, 4.69) is 0 Å². The van der Waals surface area contributed by atoms with Crippen LogP contribution in [0.25, 0.3) is 0 Å². The van der Waals surface area contributed by atoms with E-state index in [4.69, 9.17) is 4.74 Å². The van der Waals surface area contributed by atoms with Crippen molar-refractivity contribution in [2.75, 3.05) is 6.61 Å². The van der Waals surface area contributed by atoms with Gasteiger partial charge in [0.05, 0.1) is 6.61 Å². The zero-order valence-electron chi connectivity index (χ0n) is 5.52. The first-order valence-electron chi connectivity index (χ1n) is 3.20. The van der Waals surface area contributed by atoms with E-state index < -0.39 is 0 Å². The molecule has 50 valence electrons. The highest BCUT2D eigenvalue weighted by atomic mass is 16.5. The molecule has 0 saturated carbocycles. The van der Waals surface area contributed by atoms with Gasteiger partial charge in [-0.15, -0.1) is 0 Å². The summed E-state index contributed by atoms with van der Waals surface area (Å²) in [5, 5.41) is 0. The van der Waals surface area contributed by atoms with Gasteiger partial charge in [0.2, 0.25) is 0 Å². The average Bonchev–Trinajstić information content (AvgIpc) is 1.60. The zero-order valence-corrected chi connectivity index (χ0v) is 5.52. The highest BCUT2D eigenvalue weighted by Crippen LogP contribution is 2.18. The smallest absolute Gasteiger partial charge is 0.333 e. The van der Waals surface area contributed by atoms with E-state index in [1.54, 1.807) is 0 Å². The summed E-state index contributed by atoms with van der Waals surface area (Å²) in [4.78, 5) is 10.7. The van der Waals surface area contributed by atoms with Crippen LogP contribution in [-0.4, -0.2) is 12.6 Å². The van der Waals surface area contributed by atoms with Crippen LogP contribution < -0.4 is 0 Å². The Kier molecular flexibility index (Phi) is 1.88. The fraction of sp³-hybridized carbons (Fsp3) is 0.571. The van der Waals surface area contributed by atoms with Crippen LogP contribution in [0.3, 0.4) is 0 Å².